The van der Waals surface area contributed by atoms with Crippen molar-refractivity contribution in [2.24, 2.45) is 0 Å². The molecule has 0 saturated carbocycles. The van der Waals surface area contributed by atoms with Crippen LogP contribution in [0.5, 0.6) is 0 Å². The fourth-order valence-electron chi connectivity index (χ4n) is 3.96. The summed E-state index contributed by atoms with van der Waals surface area (Å²) in [5, 5.41) is 5.30. The summed E-state index contributed by atoms with van der Waals surface area (Å²) in [5.74, 6) is -2.10. The summed E-state index contributed by atoms with van der Waals surface area (Å²) >= 11 is 0. The first kappa shape index (κ1) is 28.5. The van der Waals surface area contributed by atoms with Crippen LogP contribution in [0.25, 0.3) is 0 Å². The van der Waals surface area contributed by atoms with Gasteiger partial charge in [-0.15, -0.1) is 0 Å². The van der Waals surface area contributed by atoms with Crippen LogP contribution in [-0.2, 0) is 28.7 Å². The van der Waals surface area contributed by atoms with Gasteiger partial charge in [-0.1, -0.05) is 38.2 Å². The van der Waals surface area contributed by atoms with Crippen molar-refractivity contribution in [3.05, 3.63) is 25.3 Å². The molecule has 0 bridgehead atoms. The van der Waals surface area contributed by atoms with Gasteiger partial charge in [-0.3, -0.25) is 9.59 Å². The standard InChI is InChI=1S/C24H34N4O8/c1-3-15-35-21(31)17-9-11-19(29)27(17)23(33)25-13-7-5-6-8-14-26-24(34)28-18(10-12-20(28)30)22(32)36-16-4-2/h3-4,17-18H,1-2,5-16H2,(H,25,33)(H,26,34). The number of nitrogens with one attached hydrogen (secondary N) is 2. The maximum atomic E-state index is 12.4. The van der Waals surface area contributed by atoms with Crippen LogP contribution in [0.2, 0.25) is 0 Å². The fourth-order valence-corrected chi connectivity index (χ4v) is 3.96. The monoisotopic (exact) mass is 506 g/mol. The first-order valence-corrected chi connectivity index (χ1v) is 12.1. The molecular weight excluding hydrogens is 472 g/mol. The van der Waals surface area contributed by atoms with Crippen LogP contribution in [0.1, 0.15) is 51.4 Å². The smallest absolute Gasteiger partial charge is 0.329 e. The third kappa shape index (κ3) is 7.92. The minimum atomic E-state index is -0.924. The lowest BCUT2D eigenvalue weighted by Gasteiger charge is -2.22. The normalized spacial score (nSPS) is 19.1. The van der Waals surface area contributed by atoms with Crippen LogP contribution >= 0.6 is 0 Å². The second-order valence-electron chi connectivity index (χ2n) is 8.35. The van der Waals surface area contributed by atoms with Gasteiger partial charge in [-0.05, 0) is 25.7 Å². The zero-order valence-corrected chi connectivity index (χ0v) is 20.4. The molecule has 198 valence electrons. The molecule has 0 aliphatic carbocycles. The molecule has 0 spiro atoms. The van der Waals surface area contributed by atoms with Crippen LogP contribution in [0.15, 0.2) is 25.3 Å². The highest BCUT2D eigenvalue weighted by Gasteiger charge is 2.42. The quantitative estimate of drug-likeness (QED) is 0.216. The Morgan fingerprint density at radius 2 is 1.14 bits per heavy atom. The molecule has 0 radical (unpaired) electrons. The number of hydrogen-bond acceptors (Lipinski definition) is 8. The molecule has 6 amide bonds. The number of unbranched alkanes of at least 4 members (excludes halogenated alkanes) is 3. The molecule has 2 saturated heterocycles. The van der Waals surface area contributed by atoms with Crippen LogP contribution in [-0.4, -0.2) is 84.0 Å². The predicted molar refractivity (Wildman–Crippen MR) is 127 cm³/mol. The summed E-state index contributed by atoms with van der Waals surface area (Å²) in [6, 6.07) is -3.09. The topological polar surface area (TPSA) is 151 Å². The number of nitrogens with zero attached hydrogens (tertiary/aromatic N) is 2. The average Bonchev–Trinajstić information content (AvgIpc) is 3.44. The van der Waals surface area contributed by atoms with E-state index in [4.69, 9.17) is 9.47 Å². The summed E-state index contributed by atoms with van der Waals surface area (Å²) in [5.41, 5.74) is 0. The maximum Gasteiger partial charge on any atom is 0.329 e. The van der Waals surface area contributed by atoms with Gasteiger partial charge >= 0.3 is 24.0 Å². The molecule has 2 rings (SSSR count). The van der Waals surface area contributed by atoms with Gasteiger partial charge in [0.15, 0.2) is 0 Å². The van der Waals surface area contributed by atoms with Crippen molar-refractivity contribution >= 4 is 35.8 Å². The van der Waals surface area contributed by atoms with Crippen molar-refractivity contribution in [2.75, 3.05) is 26.3 Å². The number of rotatable bonds is 13. The van der Waals surface area contributed by atoms with E-state index in [1.165, 1.54) is 12.2 Å². The van der Waals surface area contributed by atoms with Gasteiger partial charge < -0.3 is 20.1 Å². The van der Waals surface area contributed by atoms with Gasteiger partial charge in [-0.2, -0.15) is 0 Å². The van der Waals surface area contributed by atoms with E-state index in [9.17, 15) is 28.8 Å². The Bertz CT molecular complexity index is 804. The molecule has 36 heavy (non-hydrogen) atoms. The van der Waals surface area contributed by atoms with Crippen molar-refractivity contribution in [2.45, 2.75) is 63.5 Å². The van der Waals surface area contributed by atoms with Crippen LogP contribution in [0.4, 0.5) is 9.59 Å². The Morgan fingerprint density at radius 3 is 1.50 bits per heavy atom. The van der Waals surface area contributed by atoms with E-state index >= 15 is 0 Å². The number of hydrogen-bond donors (Lipinski definition) is 2. The van der Waals surface area contributed by atoms with Crippen molar-refractivity contribution in [3.63, 3.8) is 0 Å². The highest BCUT2D eigenvalue weighted by atomic mass is 16.5. The lowest BCUT2D eigenvalue weighted by Crippen LogP contribution is -2.48. The zero-order chi connectivity index (χ0) is 26.5. The van der Waals surface area contributed by atoms with Crippen molar-refractivity contribution < 1.29 is 38.2 Å². The summed E-state index contributed by atoms with van der Waals surface area (Å²) in [6.45, 7) is 7.58. The second kappa shape index (κ2) is 14.6. The summed E-state index contributed by atoms with van der Waals surface area (Å²) < 4.78 is 9.93. The first-order chi connectivity index (χ1) is 17.3. The average molecular weight is 507 g/mol. The minimum Gasteiger partial charge on any atom is -0.460 e. The first-order valence-electron chi connectivity index (χ1n) is 12.1. The highest BCUT2D eigenvalue weighted by molar-refractivity contribution is 6.02. The Hall–Kier alpha value is -3.70. The van der Waals surface area contributed by atoms with Crippen LogP contribution in [0.3, 0.4) is 0 Å². The molecule has 2 heterocycles. The minimum absolute atomic E-state index is 0.0105. The Kier molecular flexibility index (Phi) is 11.6. The molecule has 0 aromatic carbocycles. The van der Waals surface area contributed by atoms with Gasteiger partial charge in [-0.25, -0.2) is 29.0 Å². The Morgan fingerprint density at radius 1 is 0.750 bits per heavy atom. The fraction of sp³-hybridized carbons (Fsp3) is 0.583. The van der Waals surface area contributed by atoms with E-state index in [0.29, 0.717) is 25.9 Å². The maximum absolute atomic E-state index is 12.4. The number of urea groups is 2. The zero-order valence-electron chi connectivity index (χ0n) is 20.4. The van der Waals surface area contributed by atoms with Gasteiger partial charge in [0.25, 0.3) is 0 Å². The summed E-state index contributed by atoms with van der Waals surface area (Å²) in [6.07, 6.45) is 6.25. The molecule has 2 fully saturated rings. The van der Waals surface area contributed by atoms with E-state index in [1.54, 1.807) is 0 Å². The number of amides is 6. The lowest BCUT2D eigenvalue weighted by molar-refractivity contribution is -0.149. The highest BCUT2D eigenvalue weighted by Crippen LogP contribution is 2.21. The van der Waals surface area contributed by atoms with E-state index in [2.05, 4.69) is 23.8 Å². The van der Waals surface area contributed by atoms with Gasteiger partial charge in [0.05, 0.1) is 0 Å². The van der Waals surface area contributed by atoms with E-state index < -0.39 is 47.9 Å². The number of imide groups is 2. The Labute approximate surface area is 210 Å². The van der Waals surface area contributed by atoms with E-state index in [1.807, 2.05) is 0 Å². The second-order valence-corrected chi connectivity index (χ2v) is 8.35. The molecule has 0 aromatic rings. The van der Waals surface area contributed by atoms with Crippen molar-refractivity contribution in [3.8, 4) is 0 Å². The summed E-state index contributed by atoms with van der Waals surface area (Å²) in [7, 11) is 0. The molecule has 2 aliphatic heterocycles. The predicted octanol–water partition coefficient (Wildman–Crippen LogP) is 1.41. The molecule has 12 nitrogen and oxygen atoms in total. The van der Waals surface area contributed by atoms with E-state index in [0.717, 1.165) is 22.6 Å². The Balaban J connectivity index is 1.63. The summed E-state index contributed by atoms with van der Waals surface area (Å²) in [4.78, 5) is 74.8. The molecule has 2 unspecified atom stereocenters. The number of carbonyl (C=O) groups is 6. The lowest BCUT2D eigenvalue weighted by atomic mass is 10.2. The van der Waals surface area contributed by atoms with Crippen LogP contribution < -0.4 is 10.6 Å². The van der Waals surface area contributed by atoms with Gasteiger partial charge in [0.2, 0.25) is 11.8 Å². The number of likely N-dealkylation sites (tertiary alicyclic amines) is 2. The molecule has 2 atom stereocenters. The van der Waals surface area contributed by atoms with Crippen LogP contribution in [0, 0.1) is 0 Å². The molecule has 0 aromatic heterocycles. The van der Waals surface area contributed by atoms with Gasteiger partial charge in [0, 0.05) is 25.9 Å². The largest absolute Gasteiger partial charge is 0.460 e. The molecule has 2 aliphatic rings. The third-order valence-electron chi connectivity index (χ3n) is 5.75. The number of ether oxygens (including phenoxy) is 2. The van der Waals surface area contributed by atoms with Crippen molar-refractivity contribution in [1.82, 2.24) is 20.4 Å². The molecular formula is C24H34N4O8. The number of carbonyl (C=O) groups excluding carboxylic acids is 6. The van der Waals surface area contributed by atoms with E-state index in [-0.39, 0.29) is 38.9 Å². The SMILES string of the molecule is C=CCOC(=O)C1CCC(=O)N1C(=O)NCCCCCCNC(=O)N1C(=O)CCC1C(=O)OCC=C. The molecule has 12 heteroatoms. The van der Waals surface area contributed by atoms with Crippen molar-refractivity contribution in [1.29, 1.82) is 0 Å². The third-order valence-corrected chi connectivity index (χ3v) is 5.75. The number of esters is 2. The molecule has 2 N–H and O–H groups in total. The van der Waals surface area contributed by atoms with Gasteiger partial charge in [0.1, 0.15) is 25.3 Å².